The second kappa shape index (κ2) is 28.9. The number of carboxylic acids is 4. The number of aliphatic carboxylic acids is 4. The van der Waals surface area contributed by atoms with E-state index < -0.39 is 23.9 Å². The molecule has 0 fully saturated rings. The van der Waals surface area contributed by atoms with Crippen LogP contribution in [0.5, 0.6) is 23.0 Å². The predicted octanol–water partition coefficient (Wildman–Crippen LogP) is 3.16. The van der Waals surface area contributed by atoms with Gasteiger partial charge in [-0.1, -0.05) is 48.5 Å². The molecule has 0 aliphatic heterocycles. The molecule has 0 amide bonds. The van der Waals surface area contributed by atoms with E-state index in [1.54, 1.807) is 97.1 Å². The Hall–Kier alpha value is -6.54. The van der Waals surface area contributed by atoms with Gasteiger partial charge in [-0.05, 0) is 73.0 Å². The number of para-hydroxylation sites is 4. The van der Waals surface area contributed by atoms with Crippen LogP contribution >= 0.6 is 24.4 Å². The number of thiocarbonyl (C=S) groups is 2. The first-order valence-electron chi connectivity index (χ1n) is 14.4. The van der Waals surface area contributed by atoms with Crippen molar-refractivity contribution < 1.29 is 94.2 Å². The van der Waals surface area contributed by atoms with Crippen LogP contribution in [0.1, 0.15) is 22.3 Å². The molecule has 0 aliphatic carbocycles. The predicted molar refractivity (Wildman–Crippen MR) is 205 cm³/mol. The molecule has 0 aromatic heterocycles. The maximum absolute atomic E-state index is 9.57. The number of hydrogen-bond donors (Lipinski definition) is 10. The molecular weight excluding hydrogens is 860 g/mol. The summed E-state index contributed by atoms with van der Waals surface area (Å²) >= 11 is 9.96. The first-order chi connectivity index (χ1) is 25.6. The van der Waals surface area contributed by atoms with Gasteiger partial charge in [-0.2, -0.15) is 10.2 Å². The van der Waals surface area contributed by atoms with Crippen LogP contribution in [0.15, 0.2) is 117 Å². The summed E-state index contributed by atoms with van der Waals surface area (Å²) in [4.78, 5) is 44.3. The summed E-state index contributed by atoms with van der Waals surface area (Å²) in [6.07, 6.45) is 5.77. The normalized spacial score (nSPS) is 9.86. The average Bonchev–Trinajstić information content (AvgIpc) is 3.13. The number of aliphatic imine (C=N–C) groups is 2. The van der Waals surface area contributed by atoms with Crippen molar-refractivity contribution in [2.24, 2.45) is 20.2 Å². The van der Waals surface area contributed by atoms with E-state index >= 15 is 0 Å². The van der Waals surface area contributed by atoms with Gasteiger partial charge in [0.15, 0.2) is 0 Å². The third-order valence-electron chi connectivity index (χ3n) is 5.48. The Bertz CT molecular complexity index is 1900. The van der Waals surface area contributed by atoms with Crippen LogP contribution in [0.2, 0.25) is 0 Å². The molecule has 0 saturated heterocycles. The second-order valence-electron chi connectivity index (χ2n) is 9.32. The zero-order valence-electron chi connectivity index (χ0n) is 28.1. The van der Waals surface area contributed by atoms with Crippen LogP contribution in [-0.2, 0) is 53.3 Å². The van der Waals surface area contributed by atoms with Crippen LogP contribution in [0.3, 0.4) is 0 Å². The molecule has 0 bridgehead atoms. The number of aromatic hydroxyl groups is 4. The summed E-state index contributed by atoms with van der Waals surface area (Å²) in [6, 6.07) is 27.2. The third kappa shape index (κ3) is 22.5. The van der Waals surface area contributed by atoms with Gasteiger partial charge in [-0.3, -0.25) is 10.9 Å². The number of hydrazone groups is 2. The van der Waals surface area contributed by atoms with Gasteiger partial charge in [0.25, 0.3) is 0 Å². The van der Waals surface area contributed by atoms with Gasteiger partial charge in [0, 0.05) is 68.8 Å². The molecule has 0 spiro atoms. The van der Waals surface area contributed by atoms with Gasteiger partial charge in [0.1, 0.15) is 23.0 Å². The molecule has 4 aromatic rings. The van der Waals surface area contributed by atoms with Crippen molar-refractivity contribution in [1.29, 1.82) is 0 Å². The summed E-state index contributed by atoms with van der Waals surface area (Å²) in [5.41, 5.74) is 7.37. The summed E-state index contributed by atoms with van der Waals surface area (Å²) < 4.78 is 0. The smallest absolute Gasteiger partial charge is 0.414 e. The van der Waals surface area contributed by atoms with Crippen molar-refractivity contribution in [3.63, 3.8) is 0 Å². The van der Waals surface area contributed by atoms with Crippen molar-refractivity contribution in [3.05, 3.63) is 119 Å². The molecule has 4 rings (SSSR count). The molecule has 0 heterocycles. The zero-order chi connectivity index (χ0) is 40.5. The van der Waals surface area contributed by atoms with E-state index in [-0.39, 0.29) is 67.4 Å². The van der Waals surface area contributed by atoms with E-state index in [4.69, 9.17) is 64.0 Å². The Morgan fingerprint density at radius 2 is 0.643 bits per heavy atom. The SMILES string of the molecule is O=C(O)C(=O)O.O=C(O)C(=O)O.Oc1ccccc1/C=N\C(=S)N/N=C/c1ccccc1O.Oc1ccccc1/C=N\C(=S)N/N=C/c1ccccc1O.[Fe].[Fe]. The summed E-state index contributed by atoms with van der Waals surface area (Å²) in [6.45, 7) is 0. The number of benzene rings is 4. The van der Waals surface area contributed by atoms with E-state index in [1.807, 2.05) is 0 Å². The van der Waals surface area contributed by atoms with Crippen LogP contribution in [-0.4, -0.2) is 99.8 Å². The molecular formula is C34H30Fe2N6O12S2. The maximum atomic E-state index is 9.57. The fraction of sp³-hybridized carbons (Fsp3) is 0. The van der Waals surface area contributed by atoms with E-state index in [0.29, 0.717) is 22.3 Å². The number of nitrogens with one attached hydrogen (secondary N) is 2. The van der Waals surface area contributed by atoms with Crippen LogP contribution in [0.25, 0.3) is 0 Å². The van der Waals surface area contributed by atoms with Crippen LogP contribution in [0.4, 0.5) is 0 Å². The van der Waals surface area contributed by atoms with E-state index in [0.717, 1.165) is 0 Å². The van der Waals surface area contributed by atoms with Crippen LogP contribution < -0.4 is 10.9 Å². The Labute approximate surface area is 349 Å². The fourth-order valence-electron chi connectivity index (χ4n) is 3.01. The molecule has 56 heavy (non-hydrogen) atoms. The monoisotopic (exact) mass is 890 g/mol. The standard InChI is InChI=1S/2C15H13N3O2S.2C2H2O4.2Fe/c2*19-13-7-3-1-5-11(13)9-16-15(21)18-17-10-12-6-2-4-8-14(12)20;2*3-1(4)2(5)6;;/h2*1-10,19-20H,(H,18,21);2*(H,3,4)(H,5,6);;/b2*16-9-,17-10+;;;;. The summed E-state index contributed by atoms with van der Waals surface area (Å²) in [5, 5.41) is 75.9. The van der Waals surface area contributed by atoms with Gasteiger partial charge >= 0.3 is 23.9 Å². The fourth-order valence-corrected chi connectivity index (χ4v) is 3.23. The largest absolute Gasteiger partial charge is 0.507 e. The van der Waals surface area contributed by atoms with Crippen molar-refractivity contribution >= 4 is 83.4 Å². The van der Waals surface area contributed by atoms with Gasteiger partial charge in [0.05, 0.1) is 12.4 Å². The molecule has 296 valence electrons. The topological polar surface area (TPSA) is 304 Å². The second-order valence-corrected chi connectivity index (χ2v) is 10.1. The number of phenols is 4. The molecule has 0 atom stereocenters. The molecule has 0 unspecified atom stereocenters. The molecule has 0 aliphatic rings. The quantitative estimate of drug-likeness (QED) is 0.0437. The number of carbonyl (C=O) groups is 4. The first kappa shape index (κ1) is 51.6. The summed E-state index contributed by atoms with van der Waals surface area (Å²) in [7, 11) is 0. The molecule has 0 saturated carbocycles. The Morgan fingerprint density at radius 3 is 0.857 bits per heavy atom. The van der Waals surface area contributed by atoms with E-state index in [9.17, 15) is 20.4 Å². The summed E-state index contributed by atoms with van der Waals surface area (Å²) in [5.74, 6) is -6.78. The number of hydrogen-bond acceptors (Lipinski definition) is 12. The maximum Gasteiger partial charge on any atom is 0.414 e. The van der Waals surface area contributed by atoms with Crippen molar-refractivity contribution in [2.75, 3.05) is 0 Å². The van der Waals surface area contributed by atoms with Crippen LogP contribution in [0, 0.1) is 0 Å². The minimum atomic E-state index is -1.82. The minimum absolute atomic E-state index is 0. The van der Waals surface area contributed by atoms with Crippen molar-refractivity contribution in [1.82, 2.24) is 10.9 Å². The van der Waals surface area contributed by atoms with Gasteiger partial charge in [0.2, 0.25) is 10.2 Å². The van der Waals surface area contributed by atoms with Crippen molar-refractivity contribution in [2.45, 2.75) is 0 Å². The van der Waals surface area contributed by atoms with Gasteiger partial charge < -0.3 is 40.9 Å². The average molecular weight is 890 g/mol. The minimum Gasteiger partial charge on any atom is -0.507 e. The molecule has 4 aromatic carbocycles. The third-order valence-corrected chi connectivity index (χ3v) is 5.88. The number of nitrogens with zero attached hydrogens (tertiary/aromatic N) is 4. The molecule has 0 radical (unpaired) electrons. The number of rotatable bonds is 6. The number of carboxylic acid groups (broad SMARTS) is 4. The Morgan fingerprint density at radius 1 is 0.429 bits per heavy atom. The Kier molecular flexibility index (Phi) is 26.6. The van der Waals surface area contributed by atoms with E-state index in [1.165, 1.54) is 24.9 Å². The van der Waals surface area contributed by atoms with E-state index in [2.05, 4.69) is 31.0 Å². The number of phenolic OH excluding ortho intramolecular Hbond substituents is 4. The molecule has 10 N–H and O–H groups in total. The van der Waals surface area contributed by atoms with Gasteiger partial charge in [-0.15, -0.1) is 0 Å². The molecule has 18 nitrogen and oxygen atoms in total. The Balaban J connectivity index is 0. The first-order valence-corrected chi connectivity index (χ1v) is 15.2. The van der Waals surface area contributed by atoms with Crippen molar-refractivity contribution in [3.8, 4) is 23.0 Å². The zero-order valence-corrected chi connectivity index (χ0v) is 31.9. The van der Waals surface area contributed by atoms with Gasteiger partial charge in [-0.25, -0.2) is 29.2 Å². The molecule has 22 heteroatoms.